The van der Waals surface area contributed by atoms with Gasteiger partial charge in [-0.3, -0.25) is 4.18 Å². The fourth-order valence-electron chi connectivity index (χ4n) is 2.92. The molecule has 2 N–H and O–H groups in total. The van der Waals surface area contributed by atoms with Gasteiger partial charge in [0.1, 0.15) is 6.61 Å². The largest absolute Gasteiger partial charge is 0.464 e. The fourth-order valence-corrected chi connectivity index (χ4v) is 3.81. The standard InChI is InChI=1S/C19H30O9S.C10H22O5/c1-3-27-19(20)16-26-13-12-24-9-8-23-10-11-25-14-15-28-29(21,22)18-6-4-17(2)5-7-18;11-3-1-2-5-13-7-9-15-10-8-14-6-4-12/h4-7H,3,8-16H2,1-2H3;11-12H,1-10H2. The highest BCUT2D eigenvalue weighted by Crippen LogP contribution is 2.12. The summed E-state index contributed by atoms with van der Waals surface area (Å²) in [5.74, 6) is -0.394. The molecule has 15 heteroatoms. The van der Waals surface area contributed by atoms with Crippen LogP contribution in [0.2, 0.25) is 0 Å². The quantitative estimate of drug-likeness (QED) is 0.0713. The van der Waals surface area contributed by atoms with Crippen molar-refractivity contribution in [3.05, 3.63) is 29.8 Å². The van der Waals surface area contributed by atoms with E-state index in [1.165, 1.54) is 12.1 Å². The van der Waals surface area contributed by atoms with Crippen molar-refractivity contribution in [3.8, 4) is 0 Å². The van der Waals surface area contributed by atoms with Gasteiger partial charge >= 0.3 is 5.97 Å². The third kappa shape index (κ3) is 27.8. The Morgan fingerprint density at radius 2 is 1.07 bits per heavy atom. The Morgan fingerprint density at radius 3 is 1.55 bits per heavy atom. The van der Waals surface area contributed by atoms with Crippen molar-refractivity contribution in [1.82, 2.24) is 0 Å². The predicted octanol–water partition coefficient (Wildman–Crippen LogP) is 1.13. The van der Waals surface area contributed by atoms with Crippen molar-refractivity contribution in [2.45, 2.75) is 31.6 Å². The average molecular weight is 657 g/mol. The SMILES string of the molecule is CCOC(=O)COCCOCCOCCOCCOS(=O)(=O)c1ccc(C)cc1.OCCCCOCCOCCOCCO. The first-order valence-electron chi connectivity index (χ1n) is 14.7. The van der Waals surface area contributed by atoms with Crippen LogP contribution in [0.3, 0.4) is 0 Å². The second kappa shape index (κ2) is 31.2. The molecular formula is C29H52O14S. The van der Waals surface area contributed by atoms with Gasteiger partial charge in [-0.25, -0.2) is 4.79 Å². The van der Waals surface area contributed by atoms with Crippen molar-refractivity contribution in [2.75, 3.05) is 119 Å². The van der Waals surface area contributed by atoms with Crippen LogP contribution in [-0.2, 0) is 57.0 Å². The molecule has 0 radical (unpaired) electrons. The van der Waals surface area contributed by atoms with E-state index in [0.29, 0.717) is 85.9 Å². The van der Waals surface area contributed by atoms with Gasteiger partial charge in [0.15, 0.2) is 0 Å². The Hall–Kier alpha value is -1.76. The lowest BCUT2D eigenvalue weighted by atomic mass is 10.2. The lowest BCUT2D eigenvalue weighted by Crippen LogP contribution is -2.16. The minimum absolute atomic E-state index is 0.0496. The van der Waals surface area contributed by atoms with Gasteiger partial charge in [-0.1, -0.05) is 17.7 Å². The zero-order chi connectivity index (χ0) is 32.6. The lowest BCUT2D eigenvalue weighted by molar-refractivity contribution is -0.149. The van der Waals surface area contributed by atoms with Crippen molar-refractivity contribution < 1.29 is 65.5 Å². The molecule has 0 fully saturated rings. The van der Waals surface area contributed by atoms with E-state index in [9.17, 15) is 13.2 Å². The van der Waals surface area contributed by atoms with Crippen molar-refractivity contribution >= 4 is 16.1 Å². The highest BCUT2D eigenvalue weighted by Gasteiger charge is 2.14. The molecule has 258 valence electrons. The van der Waals surface area contributed by atoms with Gasteiger partial charge < -0.3 is 48.1 Å². The van der Waals surface area contributed by atoms with Crippen LogP contribution in [0.1, 0.15) is 25.3 Å². The van der Waals surface area contributed by atoms with Crippen LogP contribution in [0.4, 0.5) is 0 Å². The van der Waals surface area contributed by atoms with Crippen molar-refractivity contribution in [3.63, 3.8) is 0 Å². The Balaban J connectivity index is 0.00000104. The monoisotopic (exact) mass is 656 g/mol. The van der Waals surface area contributed by atoms with Gasteiger partial charge in [0, 0.05) is 13.2 Å². The molecule has 0 unspecified atom stereocenters. The molecule has 0 saturated carbocycles. The molecule has 1 aromatic carbocycles. The maximum atomic E-state index is 12.0. The summed E-state index contributed by atoms with van der Waals surface area (Å²) in [5, 5.41) is 16.9. The fraction of sp³-hybridized carbons (Fsp3) is 0.759. The number of ether oxygens (including phenoxy) is 8. The first-order valence-corrected chi connectivity index (χ1v) is 16.2. The second-order valence-electron chi connectivity index (χ2n) is 8.78. The van der Waals surface area contributed by atoms with Crippen molar-refractivity contribution in [1.29, 1.82) is 0 Å². The number of rotatable bonds is 29. The highest BCUT2D eigenvalue weighted by molar-refractivity contribution is 7.86. The Labute approximate surface area is 261 Å². The number of esters is 1. The Bertz CT molecular complexity index is 855. The van der Waals surface area contributed by atoms with Crippen LogP contribution in [0.15, 0.2) is 29.2 Å². The number of hydrogen-bond donors (Lipinski definition) is 2. The Kier molecular flexibility index (Phi) is 30.0. The molecule has 0 amide bonds. The lowest BCUT2D eigenvalue weighted by Gasteiger charge is -2.08. The Morgan fingerprint density at radius 1 is 0.614 bits per heavy atom. The zero-order valence-corrected chi connectivity index (χ0v) is 27.0. The molecule has 0 spiro atoms. The van der Waals surface area contributed by atoms with Crippen LogP contribution in [0.5, 0.6) is 0 Å². The van der Waals surface area contributed by atoms with Gasteiger partial charge in [-0.05, 0) is 38.8 Å². The molecule has 0 aliphatic rings. The molecule has 44 heavy (non-hydrogen) atoms. The first kappa shape index (κ1) is 42.2. The van der Waals surface area contributed by atoms with E-state index >= 15 is 0 Å². The van der Waals surface area contributed by atoms with Gasteiger partial charge in [-0.15, -0.1) is 0 Å². The minimum Gasteiger partial charge on any atom is -0.464 e. The molecule has 14 nitrogen and oxygen atoms in total. The number of carbonyl (C=O) groups is 1. The summed E-state index contributed by atoms with van der Waals surface area (Å²) in [6.45, 7) is 9.51. The van der Waals surface area contributed by atoms with E-state index in [4.69, 9.17) is 52.3 Å². The maximum absolute atomic E-state index is 12.0. The van der Waals surface area contributed by atoms with E-state index in [-0.39, 0.29) is 37.9 Å². The molecule has 0 aliphatic heterocycles. The van der Waals surface area contributed by atoms with E-state index in [1.807, 2.05) is 6.92 Å². The van der Waals surface area contributed by atoms with Crippen LogP contribution in [0.25, 0.3) is 0 Å². The molecule has 0 atom stereocenters. The van der Waals surface area contributed by atoms with E-state index in [2.05, 4.69) is 0 Å². The molecule has 0 heterocycles. The molecule has 0 bridgehead atoms. The number of benzene rings is 1. The van der Waals surface area contributed by atoms with Gasteiger partial charge in [-0.2, -0.15) is 8.42 Å². The van der Waals surface area contributed by atoms with Crippen LogP contribution < -0.4 is 0 Å². The number of aryl methyl sites for hydroxylation is 1. The summed E-state index contributed by atoms with van der Waals surface area (Å²) in [5.41, 5.74) is 0.972. The predicted molar refractivity (Wildman–Crippen MR) is 160 cm³/mol. The summed E-state index contributed by atoms with van der Waals surface area (Å²) >= 11 is 0. The number of aliphatic hydroxyl groups is 2. The summed E-state index contributed by atoms with van der Waals surface area (Å²) in [6, 6.07) is 6.44. The molecule has 0 aromatic heterocycles. The van der Waals surface area contributed by atoms with E-state index in [0.717, 1.165) is 18.4 Å². The first-order chi connectivity index (χ1) is 21.4. The minimum atomic E-state index is -3.76. The third-order valence-corrected chi connectivity index (χ3v) is 6.42. The van der Waals surface area contributed by atoms with E-state index in [1.54, 1.807) is 19.1 Å². The van der Waals surface area contributed by atoms with E-state index < -0.39 is 16.1 Å². The molecule has 0 aliphatic carbocycles. The number of aliphatic hydroxyl groups excluding tert-OH is 2. The zero-order valence-electron chi connectivity index (χ0n) is 26.2. The normalized spacial score (nSPS) is 11.3. The molecule has 0 saturated heterocycles. The summed E-state index contributed by atoms with van der Waals surface area (Å²) in [4.78, 5) is 11.1. The van der Waals surface area contributed by atoms with Gasteiger partial charge in [0.05, 0.1) is 104 Å². The third-order valence-electron chi connectivity index (χ3n) is 5.09. The highest BCUT2D eigenvalue weighted by atomic mass is 32.2. The van der Waals surface area contributed by atoms with Crippen LogP contribution >= 0.6 is 0 Å². The molecule has 1 aromatic rings. The maximum Gasteiger partial charge on any atom is 0.332 e. The summed E-state index contributed by atoms with van der Waals surface area (Å²) in [7, 11) is -3.76. The van der Waals surface area contributed by atoms with Crippen LogP contribution in [0, 0.1) is 6.92 Å². The summed E-state index contributed by atoms with van der Waals surface area (Å²) < 4.78 is 69.9. The molecule has 1 rings (SSSR count). The van der Waals surface area contributed by atoms with Crippen molar-refractivity contribution in [2.24, 2.45) is 0 Å². The smallest absolute Gasteiger partial charge is 0.332 e. The molecular weight excluding hydrogens is 604 g/mol. The number of carbonyl (C=O) groups excluding carboxylic acids is 1. The number of hydrogen-bond acceptors (Lipinski definition) is 14. The van der Waals surface area contributed by atoms with Crippen LogP contribution in [-0.4, -0.2) is 144 Å². The summed E-state index contributed by atoms with van der Waals surface area (Å²) in [6.07, 6.45) is 1.67. The van der Waals surface area contributed by atoms with Gasteiger partial charge in [0.25, 0.3) is 10.1 Å². The topological polar surface area (TPSA) is 175 Å². The number of unbranched alkanes of at least 4 members (excludes halogenated alkanes) is 1. The second-order valence-corrected chi connectivity index (χ2v) is 10.4. The van der Waals surface area contributed by atoms with Gasteiger partial charge in [0.2, 0.25) is 0 Å². The average Bonchev–Trinajstić information content (AvgIpc) is 3.00.